The van der Waals surface area contributed by atoms with E-state index in [0.717, 1.165) is 6.42 Å². The number of hydrogen-bond acceptors (Lipinski definition) is 1. The first-order valence-electron chi connectivity index (χ1n) is 6.80. The van der Waals surface area contributed by atoms with Crippen LogP contribution in [0.2, 0.25) is 0 Å². The molecule has 1 unspecified atom stereocenters. The molecule has 1 fully saturated rings. The van der Waals surface area contributed by atoms with Crippen molar-refractivity contribution in [2.75, 3.05) is 0 Å². The van der Waals surface area contributed by atoms with Crippen molar-refractivity contribution in [3.8, 4) is 0 Å². The lowest BCUT2D eigenvalue weighted by molar-refractivity contribution is -0.135. The fourth-order valence-electron chi connectivity index (χ4n) is 2.71. The van der Waals surface area contributed by atoms with Crippen LogP contribution in [0.4, 0.5) is 13.2 Å². The Kier molecular flexibility index (Phi) is 6.31. The molecule has 0 aromatic heterocycles. The minimum Gasteiger partial charge on any atom is -0.328 e. The average molecular weight is 251 g/mol. The Morgan fingerprint density at radius 3 is 2.18 bits per heavy atom. The number of halogens is 3. The van der Waals surface area contributed by atoms with Crippen molar-refractivity contribution in [2.24, 2.45) is 11.7 Å². The van der Waals surface area contributed by atoms with Crippen LogP contribution in [0.1, 0.15) is 64.2 Å². The summed E-state index contributed by atoms with van der Waals surface area (Å²) in [5.41, 5.74) is 5.92. The van der Waals surface area contributed by atoms with E-state index in [1.54, 1.807) is 0 Å². The second-order valence-corrected chi connectivity index (χ2v) is 5.36. The molecule has 0 aromatic carbocycles. The number of nitrogens with two attached hydrogens (primary N) is 1. The molecule has 1 rings (SSSR count). The van der Waals surface area contributed by atoms with Crippen molar-refractivity contribution in [1.82, 2.24) is 0 Å². The molecule has 102 valence electrons. The summed E-state index contributed by atoms with van der Waals surface area (Å²) >= 11 is 0. The largest absolute Gasteiger partial charge is 0.389 e. The molecule has 1 aliphatic carbocycles. The zero-order valence-corrected chi connectivity index (χ0v) is 10.4. The lowest BCUT2D eigenvalue weighted by Gasteiger charge is -2.19. The third-order valence-electron chi connectivity index (χ3n) is 3.65. The van der Waals surface area contributed by atoms with Gasteiger partial charge < -0.3 is 5.73 Å². The molecule has 1 aliphatic rings. The lowest BCUT2D eigenvalue weighted by Crippen LogP contribution is -2.24. The first kappa shape index (κ1) is 14.8. The van der Waals surface area contributed by atoms with Crippen LogP contribution in [0, 0.1) is 5.92 Å². The predicted octanol–water partition coefficient (Wildman–Crippen LogP) is 4.41. The number of alkyl halides is 3. The van der Waals surface area contributed by atoms with Crippen molar-refractivity contribution in [3.63, 3.8) is 0 Å². The normalized spacial score (nSPS) is 21.2. The summed E-state index contributed by atoms with van der Waals surface area (Å²) < 4.78 is 35.9. The van der Waals surface area contributed by atoms with E-state index < -0.39 is 12.6 Å². The molecule has 0 amide bonds. The smallest absolute Gasteiger partial charge is 0.328 e. The fraction of sp³-hybridized carbons (Fsp3) is 1.00. The molecule has 0 heterocycles. The molecule has 0 bridgehead atoms. The summed E-state index contributed by atoms with van der Waals surface area (Å²) in [7, 11) is 0. The third kappa shape index (κ3) is 7.63. The molecule has 0 spiro atoms. The van der Waals surface area contributed by atoms with E-state index in [-0.39, 0.29) is 12.5 Å². The minimum atomic E-state index is -4.03. The van der Waals surface area contributed by atoms with Gasteiger partial charge in [0, 0.05) is 12.5 Å². The van der Waals surface area contributed by atoms with Crippen molar-refractivity contribution in [1.29, 1.82) is 0 Å². The van der Waals surface area contributed by atoms with E-state index in [0.29, 0.717) is 12.3 Å². The number of hydrogen-bond donors (Lipinski definition) is 1. The Labute approximate surface area is 102 Å². The average Bonchev–Trinajstić information content (AvgIpc) is 2.44. The molecule has 0 radical (unpaired) electrons. The van der Waals surface area contributed by atoms with E-state index in [4.69, 9.17) is 5.73 Å². The molecule has 0 saturated heterocycles. The van der Waals surface area contributed by atoms with E-state index in [9.17, 15) is 13.2 Å². The van der Waals surface area contributed by atoms with Crippen LogP contribution in [0.5, 0.6) is 0 Å². The van der Waals surface area contributed by atoms with Crippen LogP contribution in [-0.2, 0) is 0 Å². The van der Waals surface area contributed by atoms with E-state index in [2.05, 4.69) is 0 Å². The van der Waals surface area contributed by atoms with Gasteiger partial charge in [0.2, 0.25) is 0 Å². The second kappa shape index (κ2) is 7.24. The molecule has 1 saturated carbocycles. The van der Waals surface area contributed by atoms with Crippen molar-refractivity contribution in [2.45, 2.75) is 76.4 Å². The summed E-state index contributed by atoms with van der Waals surface area (Å²) in [4.78, 5) is 0. The van der Waals surface area contributed by atoms with Gasteiger partial charge in [-0.05, 0) is 25.2 Å². The van der Waals surface area contributed by atoms with Crippen LogP contribution < -0.4 is 5.73 Å². The highest BCUT2D eigenvalue weighted by Gasteiger charge is 2.26. The molecule has 0 aromatic rings. The van der Waals surface area contributed by atoms with Crippen LogP contribution >= 0.6 is 0 Å². The second-order valence-electron chi connectivity index (χ2n) is 5.36. The minimum absolute atomic E-state index is 0.0413. The van der Waals surface area contributed by atoms with Crippen LogP contribution in [0.3, 0.4) is 0 Å². The topological polar surface area (TPSA) is 26.0 Å². The fourth-order valence-corrected chi connectivity index (χ4v) is 2.71. The monoisotopic (exact) mass is 251 g/mol. The maximum Gasteiger partial charge on any atom is 0.389 e. The maximum atomic E-state index is 12.0. The standard InChI is InChI=1S/C13H24F3N/c14-13(15,16)9-5-8-12(17)10-11-6-3-1-2-4-7-11/h11-12H,1-10,17H2. The Bertz CT molecular complexity index is 195. The van der Waals surface area contributed by atoms with Gasteiger partial charge in [-0.15, -0.1) is 0 Å². The highest BCUT2D eigenvalue weighted by atomic mass is 19.4. The van der Waals surface area contributed by atoms with Gasteiger partial charge in [-0.25, -0.2) is 0 Å². The molecule has 4 heteroatoms. The van der Waals surface area contributed by atoms with E-state index >= 15 is 0 Å². The van der Waals surface area contributed by atoms with Crippen molar-refractivity contribution >= 4 is 0 Å². The van der Waals surface area contributed by atoms with Crippen molar-refractivity contribution in [3.05, 3.63) is 0 Å². The van der Waals surface area contributed by atoms with Gasteiger partial charge in [0.05, 0.1) is 0 Å². The molecular weight excluding hydrogens is 227 g/mol. The summed E-state index contributed by atoms with van der Waals surface area (Å²) in [6, 6.07) is -0.0413. The SMILES string of the molecule is NC(CCCC(F)(F)F)CC1CCCCCC1. The molecule has 1 atom stereocenters. The third-order valence-corrected chi connectivity index (χ3v) is 3.65. The van der Waals surface area contributed by atoms with Gasteiger partial charge in [-0.1, -0.05) is 38.5 Å². The van der Waals surface area contributed by atoms with Crippen molar-refractivity contribution < 1.29 is 13.2 Å². The molecular formula is C13H24F3N. The Morgan fingerprint density at radius 2 is 1.65 bits per heavy atom. The van der Waals surface area contributed by atoms with Crippen LogP contribution in [0.15, 0.2) is 0 Å². The quantitative estimate of drug-likeness (QED) is 0.720. The van der Waals surface area contributed by atoms with E-state index in [1.165, 1.54) is 38.5 Å². The lowest BCUT2D eigenvalue weighted by atomic mass is 9.91. The summed E-state index contributed by atoms with van der Waals surface area (Å²) in [5.74, 6) is 0.651. The van der Waals surface area contributed by atoms with Gasteiger partial charge in [0.25, 0.3) is 0 Å². The summed E-state index contributed by atoms with van der Waals surface area (Å²) in [5, 5.41) is 0. The highest BCUT2D eigenvalue weighted by Crippen LogP contribution is 2.28. The highest BCUT2D eigenvalue weighted by molar-refractivity contribution is 4.71. The Hall–Kier alpha value is -0.250. The Morgan fingerprint density at radius 1 is 1.06 bits per heavy atom. The molecule has 17 heavy (non-hydrogen) atoms. The van der Waals surface area contributed by atoms with Gasteiger partial charge in [-0.3, -0.25) is 0 Å². The molecule has 2 N–H and O–H groups in total. The first-order valence-corrected chi connectivity index (χ1v) is 6.80. The molecule has 1 nitrogen and oxygen atoms in total. The first-order chi connectivity index (χ1) is 7.97. The van der Waals surface area contributed by atoms with Gasteiger partial charge in [0.15, 0.2) is 0 Å². The van der Waals surface area contributed by atoms with E-state index in [1.807, 2.05) is 0 Å². The maximum absolute atomic E-state index is 12.0. The van der Waals surface area contributed by atoms with Gasteiger partial charge in [0.1, 0.15) is 0 Å². The van der Waals surface area contributed by atoms with Crippen LogP contribution in [-0.4, -0.2) is 12.2 Å². The number of rotatable bonds is 5. The molecule has 0 aliphatic heterocycles. The van der Waals surface area contributed by atoms with Gasteiger partial charge >= 0.3 is 6.18 Å². The summed E-state index contributed by atoms with van der Waals surface area (Å²) in [6.07, 6.45) is 4.46. The predicted molar refractivity (Wildman–Crippen MR) is 63.7 cm³/mol. The van der Waals surface area contributed by atoms with Gasteiger partial charge in [-0.2, -0.15) is 13.2 Å². The summed E-state index contributed by atoms with van der Waals surface area (Å²) in [6.45, 7) is 0. The zero-order valence-electron chi connectivity index (χ0n) is 10.4. The Balaban J connectivity index is 2.12. The van der Waals surface area contributed by atoms with Crippen LogP contribution in [0.25, 0.3) is 0 Å². The zero-order chi connectivity index (χ0) is 12.7.